The number of nitrogens with zero attached hydrogens (tertiary/aromatic N) is 2. The molecule has 2 aromatic heterocycles. The maximum Gasteiger partial charge on any atom is 2.00 e. The minimum Gasteiger partial charge on any atom is -0.264 e. The first-order chi connectivity index (χ1) is 25.8. The summed E-state index contributed by atoms with van der Waals surface area (Å²) in [5, 5.41) is 4.50. The van der Waals surface area contributed by atoms with E-state index in [-0.39, 0.29) is 30.1 Å². The van der Waals surface area contributed by atoms with Crippen LogP contribution in [0.2, 0.25) is 39.3 Å². The van der Waals surface area contributed by atoms with Crippen molar-refractivity contribution in [3.8, 4) is 0 Å². The molecule has 7 heteroatoms. The van der Waals surface area contributed by atoms with Gasteiger partial charge in [-0.1, -0.05) is 59.3 Å². The molecule has 8 saturated carbocycles. The number of pyridine rings is 2. The van der Waals surface area contributed by atoms with E-state index in [4.69, 9.17) is 9.97 Å². The molecule has 1 atom stereocenters. The fourth-order valence-electron chi connectivity index (χ4n) is 14.3. The average Bonchev–Trinajstić information content (AvgIpc) is 3.83. The Kier molecular flexibility index (Phi) is 11.2. The van der Waals surface area contributed by atoms with Gasteiger partial charge in [-0.25, -0.2) is 18.2 Å². The molecule has 8 aliphatic carbocycles. The van der Waals surface area contributed by atoms with Gasteiger partial charge in [-0.3, -0.25) is 9.97 Å². The molecule has 2 aromatic carbocycles. The van der Waals surface area contributed by atoms with Gasteiger partial charge in [-0.2, -0.15) is 39.7 Å². The van der Waals surface area contributed by atoms with E-state index in [1.807, 2.05) is 53.5 Å². The first-order valence-corrected chi connectivity index (χ1v) is 30.7. The molecular formula is C48H66FeN2P2Si2. The normalized spacial score (nSPS) is 32.5. The van der Waals surface area contributed by atoms with Crippen LogP contribution >= 0.6 is 17.2 Å². The topological polar surface area (TPSA) is 25.8 Å². The molecule has 4 aromatic rings. The summed E-state index contributed by atoms with van der Waals surface area (Å²) < 4.78 is 0. The van der Waals surface area contributed by atoms with Crippen molar-refractivity contribution in [3.63, 3.8) is 0 Å². The van der Waals surface area contributed by atoms with Gasteiger partial charge in [0.05, 0.1) is 8.07 Å². The second-order valence-corrected chi connectivity index (χ2v) is 35.4. The first kappa shape index (κ1) is 40.6. The number of hydrogen-bond acceptors (Lipinski definition) is 2. The summed E-state index contributed by atoms with van der Waals surface area (Å²) in [4.78, 5) is 9.52. The number of hydrogen-bond donors (Lipinski definition) is 0. The van der Waals surface area contributed by atoms with Crippen molar-refractivity contribution in [1.29, 1.82) is 0 Å². The summed E-state index contributed by atoms with van der Waals surface area (Å²) in [5.74, 6) is 6.11. The second-order valence-electron chi connectivity index (χ2n) is 21.4. The Bertz CT molecular complexity index is 1740. The van der Waals surface area contributed by atoms with Crippen LogP contribution in [-0.2, 0) is 28.4 Å². The third-order valence-electron chi connectivity index (χ3n) is 15.4. The molecule has 0 aliphatic heterocycles. The van der Waals surface area contributed by atoms with Crippen molar-refractivity contribution in [2.45, 2.75) is 138 Å². The quantitative estimate of drug-likeness (QED) is 0.0953. The zero-order valence-electron chi connectivity index (χ0n) is 34.5. The maximum absolute atomic E-state index is 4.76. The van der Waals surface area contributed by atoms with Crippen molar-refractivity contribution in [2.75, 3.05) is 0 Å². The Morgan fingerprint density at radius 2 is 1.13 bits per heavy atom. The summed E-state index contributed by atoms with van der Waals surface area (Å²) in [6.07, 6.45) is 28.4. The summed E-state index contributed by atoms with van der Waals surface area (Å²) in [6.45, 7) is 15.9. The Morgan fingerprint density at radius 3 is 1.44 bits per heavy atom. The van der Waals surface area contributed by atoms with Crippen LogP contribution in [0.4, 0.5) is 0 Å². The van der Waals surface area contributed by atoms with Gasteiger partial charge < -0.3 is 0 Å². The fraction of sp³-hybridized carbons (Fsp3) is 0.583. The minimum atomic E-state index is -1.73. The Balaban J connectivity index is 0.000000661. The molecule has 1 unspecified atom stereocenters. The third-order valence-corrected chi connectivity index (χ3v) is 24.8. The average molecular weight is 845 g/mol. The van der Waals surface area contributed by atoms with E-state index in [9.17, 15) is 0 Å². The van der Waals surface area contributed by atoms with Crippen molar-refractivity contribution < 1.29 is 17.1 Å². The Hall–Kier alpha value is -1.19. The summed E-state index contributed by atoms with van der Waals surface area (Å²) in [6, 6.07) is 21.8. The van der Waals surface area contributed by atoms with Crippen LogP contribution in [0.3, 0.4) is 0 Å². The largest absolute Gasteiger partial charge is 2.00 e. The molecule has 0 radical (unpaired) electrons. The fourth-order valence-corrected chi connectivity index (χ4v) is 26.0. The van der Waals surface area contributed by atoms with E-state index in [2.05, 4.69) is 91.2 Å². The van der Waals surface area contributed by atoms with E-state index in [1.165, 1.54) is 17.3 Å². The van der Waals surface area contributed by atoms with Gasteiger partial charge >= 0.3 is 17.1 Å². The van der Waals surface area contributed by atoms with Crippen molar-refractivity contribution in [2.24, 2.45) is 35.5 Å². The van der Waals surface area contributed by atoms with Crippen LogP contribution in [0.5, 0.6) is 0 Å². The standard InChI is InChI=1S/C43H61N2P2Si2.C5H5.Fe/c1-48(2,3)39-19-38(43(46,35-9-7-11-44-26-35)36-10-8-12-45-27-36)37(40(39)49(4,5)6)28-47(41-20-29-13-30(21-41)15-31(14-29)22-41)42-23-32-16-33(24-42)18-34(17-32)25-42;1-2-4-5-3-1;/h7-12,19,26-27,29-34H,13-18,20-25,28,46H2,1-6H3;1-5H;/q2*-1;+2. The van der Waals surface area contributed by atoms with Crippen LogP contribution < -0.4 is 10.4 Å². The molecule has 294 valence electrons. The van der Waals surface area contributed by atoms with Gasteiger partial charge in [0.25, 0.3) is 0 Å². The maximum atomic E-state index is 4.76. The zero-order chi connectivity index (χ0) is 37.5. The smallest absolute Gasteiger partial charge is 0.264 e. The van der Waals surface area contributed by atoms with Gasteiger partial charge in [0.15, 0.2) is 0 Å². The molecule has 12 rings (SSSR count). The van der Waals surface area contributed by atoms with Crippen molar-refractivity contribution >= 4 is 43.7 Å². The SMILES string of the molecule is C[Si](C)(C)c1cc(C(P)(c2cccnc2)c2cccnc2)c(CP(C23CC4CC(CC(C4)C2)C3)C23CC4CC(CC(C4)C2)C3)[c-]1[Si](C)(C)C.[Fe+2].c1cc[cH-]c1. The summed E-state index contributed by atoms with van der Waals surface area (Å²) in [5.41, 5.74) is 5.99. The molecule has 2 heterocycles. The van der Waals surface area contributed by atoms with Crippen LogP contribution in [0, 0.1) is 35.5 Å². The van der Waals surface area contributed by atoms with E-state index < -0.39 is 16.1 Å². The zero-order valence-corrected chi connectivity index (χ0v) is 39.7. The van der Waals surface area contributed by atoms with Gasteiger partial charge in [-0.05, 0) is 152 Å². The summed E-state index contributed by atoms with van der Waals surface area (Å²) >= 11 is 0. The van der Waals surface area contributed by atoms with Gasteiger partial charge in [0.2, 0.25) is 0 Å². The van der Waals surface area contributed by atoms with Gasteiger partial charge in [0.1, 0.15) is 0 Å². The van der Waals surface area contributed by atoms with E-state index in [1.54, 1.807) is 87.8 Å². The Morgan fingerprint density at radius 1 is 0.709 bits per heavy atom. The molecule has 0 spiro atoms. The van der Waals surface area contributed by atoms with E-state index in [0.717, 1.165) is 35.5 Å². The predicted octanol–water partition coefficient (Wildman–Crippen LogP) is 11.8. The monoisotopic (exact) mass is 844 g/mol. The van der Waals surface area contributed by atoms with Crippen LogP contribution in [-0.4, -0.2) is 36.4 Å². The molecular weight excluding hydrogens is 779 g/mol. The van der Waals surface area contributed by atoms with Crippen molar-refractivity contribution in [1.82, 2.24) is 9.97 Å². The first-order valence-electron chi connectivity index (χ1n) is 21.6. The molecule has 0 amide bonds. The van der Waals surface area contributed by atoms with Crippen LogP contribution in [0.15, 0.2) is 85.5 Å². The second kappa shape index (κ2) is 15.1. The van der Waals surface area contributed by atoms with E-state index in [0.29, 0.717) is 10.3 Å². The Labute approximate surface area is 349 Å². The van der Waals surface area contributed by atoms with Crippen LogP contribution in [0.25, 0.3) is 0 Å². The molecule has 2 nitrogen and oxygen atoms in total. The predicted molar refractivity (Wildman–Crippen MR) is 241 cm³/mol. The molecule has 55 heavy (non-hydrogen) atoms. The molecule has 8 aliphatic rings. The summed E-state index contributed by atoms with van der Waals surface area (Å²) in [7, 11) is -0.111. The third kappa shape index (κ3) is 7.39. The minimum absolute atomic E-state index is 0. The molecule has 8 fully saturated rings. The van der Waals surface area contributed by atoms with Crippen LogP contribution in [0.1, 0.15) is 99.3 Å². The molecule has 0 N–H and O–H groups in total. The van der Waals surface area contributed by atoms with Crippen molar-refractivity contribution in [3.05, 3.63) is 108 Å². The number of aromatic nitrogens is 2. The molecule has 0 saturated heterocycles. The molecule has 8 bridgehead atoms. The van der Waals surface area contributed by atoms with Gasteiger partial charge in [-0.15, -0.1) is 9.24 Å². The van der Waals surface area contributed by atoms with Gasteiger partial charge in [0, 0.05) is 38.0 Å². The van der Waals surface area contributed by atoms with E-state index >= 15 is 0 Å². The number of rotatable bonds is 9.